The molecule has 0 aliphatic heterocycles. The maximum atomic E-state index is 12.2. The summed E-state index contributed by atoms with van der Waals surface area (Å²) in [6, 6.07) is 9.18. The monoisotopic (exact) mass is 422 g/mol. The van der Waals surface area contributed by atoms with Gasteiger partial charge in [0.15, 0.2) is 0 Å². The number of hydrogen-bond donors (Lipinski definition) is 2. The fourth-order valence-electron chi connectivity index (χ4n) is 3.45. The highest BCUT2D eigenvalue weighted by Crippen LogP contribution is 2.16. The van der Waals surface area contributed by atoms with Gasteiger partial charge in [-0.1, -0.05) is 13.8 Å². The Morgan fingerprint density at radius 2 is 1.84 bits per heavy atom. The molecule has 31 heavy (non-hydrogen) atoms. The first kappa shape index (κ1) is 22.3. The Bertz CT molecular complexity index is 1020. The van der Waals surface area contributed by atoms with Crippen LogP contribution in [0.25, 0.3) is 5.69 Å². The maximum Gasteiger partial charge on any atom is 0.243 e. The quantitative estimate of drug-likeness (QED) is 0.554. The molecule has 0 fully saturated rings. The number of aromatic nitrogens is 4. The van der Waals surface area contributed by atoms with E-state index in [1.54, 1.807) is 23.0 Å². The number of nitrogens with one attached hydrogen (secondary N) is 2. The van der Waals surface area contributed by atoms with Crippen LogP contribution in [0.1, 0.15) is 37.2 Å². The second-order valence-corrected chi connectivity index (χ2v) is 8.05. The summed E-state index contributed by atoms with van der Waals surface area (Å²) in [5, 5.41) is 14.2. The molecule has 2 heterocycles. The lowest BCUT2D eigenvalue weighted by Gasteiger charge is -2.09. The summed E-state index contributed by atoms with van der Waals surface area (Å²) in [5.74, 6) is 0.0892. The molecule has 2 amide bonds. The van der Waals surface area contributed by atoms with Crippen LogP contribution in [0.3, 0.4) is 0 Å². The van der Waals surface area contributed by atoms with Gasteiger partial charge in [0.1, 0.15) is 0 Å². The van der Waals surface area contributed by atoms with Gasteiger partial charge in [0.25, 0.3) is 0 Å². The molecular weight excluding hydrogens is 392 g/mol. The zero-order chi connectivity index (χ0) is 22.4. The highest BCUT2D eigenvalue weighted by Gasteiger charge is 2.14. The van der Waals surface area contributed by atoms with E-state index in [9.17, 15) is 9.59 Å². The van der Waals surface area contributed by atoms with E-state index in [2.05, 4.69) is 34.7 Å². The minimum atomic E-state index is -0.266. The second kappa shape index (κ2) is 10.1. The zero-order valence-corrected chi connectivity index (χ0v) is 18.6. The third kappa shape index (κ3) is 6.04. The average Bonchev–Trinajstić information content (AvgIpc) is 3.34. The van der Waals surface area contributed by atoms with E-state index >= 15 is 0 Å². The summed E-state index contributed by atoms with van der Waals surface area (Å²) in [6.07, 6.45) is 4.49. The molecule has 0 bridgehead atoms. The van der Waals surface area contributed by atoms with E-state index in [0.717, 1.165) is 29.2 Å². The summed E-state index contributed by atoms with van der Waals surface area (Å²) in [6.45, 7) is 9.12. The lowest BCUT2D eigenvalue weighted by Crippen LogP contribution is -2.33. The van der Waals surface area contributed by atoms with Crippen LogP contribution in [0, 0.1) is 19.8 Å². The molecule has 0 saturated heterocycles. The van der Waals surface area contributed by atoms with Gasteiger partial charge in [-0.05, 0) is 62.1 Å². The van der Waals surface area contributed by atoms with Gasteiger partial charge in [0, 0.05) is 36.7 Å². The molecule has 2 aromatic heterocycles. The van der Waals surface area contributed by atoms with E-state index in [1.807, 2.05) is 42.9 Å². The summed E-state index contributed by atoms with van der Waals surface area (Å²) in [4.78, 5) is 24.4. The van der Waals surface area contributed by atoms with Crippen molar-refractivity contribution in [2.75, 3.05) is 11.9 Å². The number of rotatable bonds is 9. The highest BCUT2D eigenvalue weighted by atomic mass is 16.2. The molecule has 8 heteroatoms. The topological polar surface area (TPSA) is 93.8 Å². The molecule has 3 rings (SSSR count). The molecule has 2 N–H and O–H groups in total. The first-order valence-electron chi connectivity index (χ1n) is 10.5. The van der Waals surface area contributed by atoms with Crippen LogP contribution < -0.4 is 10.6 Å². The van der Waals surface area contributed by atoms with E-state index < -0.39 is 0 Å². The Morgan fingerprint density at radius 3 is 2.48 bits per heavy atom. The summed E-state index contributed by atoms with van der Waals surface area (Å²) < 4.78 is 3.75. The second-order valence-electron chi connectivity index (χ2n) is 8.05. The van der Waals surface area contributed by atoms with Crippen molar-refractivity contribution in [2.45, 2.75) is 47.1 Å². The van der Waals surface area contributed by atoms with Crippen LogP contribution in [0.4, 0.5) is 5.69 Å². The van der Waals surface area contributed by atoms with Gasteiger partial charge in [-0.25, -0.2) is 4.68 Å². The van der Waals surface area contributed by atoms with Gasteiger partial charge >= 0.3 is 0 Å². The number of carbonyl (C=O) groups is 2. The smallest absolute Gasteiger partial charge is 0.243 e. The number of anilines is 1. The van der Waals surface area contributed by atoms with E-state index in [4.69, 9.17) is 0 Å². The molecule has 0 unspecified atom stereocenters. The zero-order valence-electron chi connectivity index (χ0n) is 18.6. The molecule has 0 spiro atoms. The van der Waals surface area contributed by atoms with Crippen molar-refractivity contribution in [3.63, 3.8) is 0 Å². The van der Waals surface area contributed by atoms with Crippen LogP contribution >= 0.6 is 0 Å². The lowest BCUT2D eigenvalue weighted by molar-refractivity contribution is -0.124. The van der Waals surface area contributed by atoms with Crippen molar-refractivity contribution in [1.82, 2.24) is 24.9 Å². The molecule has 8 nitrogen and oxygen atoms in total. The third-order valence-corrected chi connectivity index (χ3v) is 5.04. The Hall–Kier alpha value is -3.42. The predicted octanol–water partition coefficient (Wildman–Crippen LogP) is 3.03. The molecule has 0 radical (unpaired) electrons. The molecule has 164 valence electrons. The number of aryl methyl sites for hydroxylation is 1. The Kier molecular flexibility index (Phi) is 7.23. The first-order valence-corrected chi connectivity index (χ1v) is 10.5. The number of hydrogen-bond acceptors (Lipinski definition) is 4. The van der Waals surface area contributed by atoms with Crippen LogP contribution in [-0.2, 0) is 22.6 Å². The van der Waals surface area contributed by atoms with Gasteiger partial charge in [-0.15, -0.1) is 0 Å². The van der Waals surface area contributed by atoms with Crippen molar-refractivity contribution in [1.29, 1.82) is 0 Å². The fourth-order valence-corrected chi connectivity index (χ4v) is 3.45. The Balaban J connectivity index is 1.44. The maximum absolute atomic E-state index is 12.2. The minimum absolute atomic E-state index is 0.0652. The van der Waals surface area contributed by atoms with E-state index in [0.29, 0.717) is 24.4 Å². The van der Waals surface area contributed by atoms with Crippen molar-refractivity contribution in [3.8, 4) is 5.69 Å². The number of carbonyl (C=O) groups excluding carboxylic acids is 2. The predicted molar refractivity (Wildman–Crippen MR) is 120 cm³/mol. The summed E-state index contributed by atoms with van der Waals surface area (Å²) >= 11 is 0. The normalized spacial score (nSPS) is 11.0. The van der Waals surface area contributed by atoms with Gasteiger partial charge in [0.2, 0.25) is 11.8 Å². The van der Waals surface area contributed by atoms with E-state index in [-0.39, 0.29) is 18.4 Å². The third-order valence-electron chi connectivity index (χ3n) is 5.04. The molecule has 0 saturated carbocycles. The van der Waals surface area contributed by atoms with Gasteiger partial charge < -0.3 is 10.6 Å². The number of nitrogens with zero attached hydrogens (tertiary/aromatic N) is 4. The van der Waals surface area contributed by atoms with Gasteiger partial charge in [-0.2, -0.15) is 10.2 Å². The minimum Gasteiger partial charge on any atom is -0.347 e. The summed E-state index contributed by atoms with van der Waals surface area (Å²) in [5.41, 5.74) is 4.74. The summed E-state index contributed by atoms with van der Waals surface area (Å²) in [7, 11) is 0. The van der Waals surface area contributed by atoms with Crippen molar-refractivity contribution < 1.29 is 9.59 Å². The largest absolute Gasteiger partial charge is 0.347 e. The standard InChI is InChI=1S/C23H30N6O2/c1-16(2)15-29-18(4)21(17(3)27-29)10-11-22(30)24-14-23(31)26-19-6-8-20(9-7-19)28-13-5-12-25-28/h5-9,12-13,16H,10-11,14-15H2,1-4H3,(H,24,30)(H,26,31). The van der Waals surface area contributed by atoms with Crippen molar-refractivity contribution in [3.05, 3.63) is 59.7 Å². The van der Waals surface area contributed by atoms with Crippen LogP contribution in [0.5, 0.6) is 0 Å². The SMILES string of the molecule is Cc1nn(CC(C)C)c(C)c1CCC(=O)NCC(=O)Nc1ccc(-n2cccn2)cc1. The molecule has 0 aliphatic rings. The van der Waals surface area contributed by atoms with Crippen molar-refractivity contribution >= 4 is 17.5 Å². The molecular formula is C23H30N6O2. The molecule has 1 aromatic carbocycles. The molecule has 0 aliphatic carbocycles. The molecule has 0 atom stereocenters. The van der Waals surface area contributed by atoms with Crippen molar-refractivity contribution in [2.24, 2.45) is 5.92 Å². The lowest BCUT2D eigenvalue weighted by atomic mass is 10.1. The van der Waals surface area contributed by atoms with Gasteiger partial charge in [0.05, 0.1) is 17.9 Å². The van der Waals surface area contributed by atoms with E-state index in [1.165, 1.54) is 0 Å². The number of amides is 2. The average molecular weight is 423 g/mol. The Morgan fingerprint density at radius 1 is 1.10 bits per heavy atom. The fraction of sp³-hybridized carbons (Fsp3) is 0.391. The Labute approximate surface area is 182 Å². The van der Waals surface area contributed by atoms with Crippen LogP contribution in [-0.4, -0.2) is 37.9 Å². The molecule has 3 aromatic rings. The highest BCUT2D eigenvalue weighted by molar-refractivity contribution is 5.94. The van der Waals surface area contributed by atoms with Crippen LogP contribution in [0.15, 0.2) is 42.7 Å². The number of benzene rings is 1. The first-order chi connectivity index (χ1) is 14.8. The van der Waals surface area contributed by atoms with Crippen LogP contribution in [0.2, 0.25) is 0 Å². The van der Waals surface area contributed by atoms with Gasteiger partial charge in [-0.3, -0.25) is 14.3 Å².